The van der Waals surface area contributed by atoms with E-state index in [0.29, 0.717) is 17.5 Å². The zero-order valence-electron chi connectivity index (χ0n) is 12.1. The molecule has 8 heteroatoms. The molecule has 2 heterocycles. The standard InChI is InChI=1S/C14H19F3N4O/c15-14(16,17)8-21-7-10(6-19-21)20-13(22)12-5-11(12)9-1-3-18-4-2-9/h6-7,9,11-12,18H,1-5,8H2,(H,20,22)/t11-,12+/m0/s1. The second-order valence-corrected chi connectivity index (χ2v) is 6.12. The fourth-order valence-corrected chi connectivity index (χ4v) is 3.24. The fourth-order valence-electron chi connectivity index (χ4n) is 3.24. The summed E-state index contributed by atoms with van der Waals surface area (Å²) in [5, 5.41) is 9.59. The minimum Gasteiger partial charge on any atom is -0.323 e. The van der Waals surface area contributed by atoms with Gasteiger partial charge in [0.15, 0.2) is 0 Å². The molecule has 2 atom stereocenters. The number of amides is 1. The van der Waals surface area contributed by atoms with Crippen LogP contribution in [0.2, 0.25) is 0 Å². The van der Waals surface area contributed by atoms with Gasteiger partial charge in [-0.3, -0.25) is 9.48 Å². The summed E-state index contributed by atoms with van der Waals surface area (Å²) in [7, 11) is 0. The van der Waals surface area contributed by atoms with E-state index in [1.165, 1.54) is 12.4 Å². The first-order chi connectivity index (χ1) is 10.4. The van der Waals surface area contributed by atoms with Crippen LogP contribution in [-0.4, -0.2) is 35.0 Å². The quantitative estimate of drug-likeness (QED) is 0.893. The number of halogens is 3. The minimum atomic E-state index is -4.32. The van der Waals surface area contributed by atoms with Gasteiger partial charge in [-0.05, 0) is 44.2 Å². The van der Waals surface area contributed by atoms with Gasteiger partial charge in [-0.15, -0.1) is 0 Å². The maximum absolute atomic E-state index is 12.3. The van der Waals surface area contributed by atoms with E-state index in [4.69, 9.17) is 0 Å². The Hall–Kier alpha value is -1.57. The van der Waals surface area contributed by atoms with Crippen molar-refractivity contribution >= 4 is 11.6 Å². The molecule has 122 valence electrons. The number of piperidine rings is 1. The van der Waals surface area contributed by atoms with Crippen molar-refractivity contribution in [2.24, 2.45) is 17.8 Å². The Morgan fingerprint density at radius 3 is 2.82 bits per heavy atom. The average molecular weight is 316 g/mol. The van der Waals surface area contributed by atoms with Gasteiger partial charge in [0.2, 0.25) is 5.91 Å². The van der Waals surface area contributed by atoms with Gasteiger partial charge in [-0.1, -0.05) is 0 Å². The van der Waals surface area contributed by atoms with Crippen molar-refractivity contribution in [3.8, 4) is 0 Å². The molecule has 0 unspecified atom stereocenters. The van der Waals surface area contributed by atoms with E-state index < -0.39 is 12.7 Å². The number of rotatable bonds is 4. The second-order valence-electron chi connectivity index (χ2n) is 6.12. The van der Waals surface area contributed by atoms with Crippen LogP contribution in [-0.2, 0) is 11.3 Å². The fraction of sp³-hybridized carbons (Fsp3) is 0.714. The summed E-state index contributed by atoms with van der Waals surface area (Å²) in [5.74, 6) is 0.904. The van der Waals surface area contributed by atoms with E-state index >= 15 is 0 Å². The summed E-state index contributed by atoms with van der Waals surface area (Å²) >= 11 is 0. The third-order valence-corrected chi connectivity index (χ3v) is 4.41. The summed E-state index contributed by atoms with van der Waals surface area (Å²) in [6.45, 7) is 0.851. The van der Waals surface area contributed by atoms with Crippen molar-refractivity contribution in [1.29, 1.82) is 0 Å². The van der Waals surface area contributed by atoms with E-state index in [9.17, 15) is 18.0 Å². The lowest BCUT2D eigenvalue weighted by atomic mass is 9.92. The Balaban J connectivity index is 1.50. The van der Waals surface area contributed by atoms with Gasteiger partial charge in [0.05, 0.1) is 11.9 Å². The molecule has 2 N–H and O–H groups in total. The SMILES string of the molecule is O=C(Nc1cnn(CC(F)(F)F)c1)[C@@H]1C[C@H]1C1CCNCC1. The number of aromatic nitrogens is 2. The maximum Gasteiger partial charge on any atom is 0.408 e. The number of alkyl halides is 3. The van der Waals surface area contributed by atoms with Crippen LogP contribution in [0.5, 0.6) is 0 Å². The number of anilines is 1. The molecule has 1 amide bonds. The summed E-state index contributed by atoms with van der Waals surface area (Å²) in [6, 6.07) is 0. The molecule has 3 rings (SSSR count). The van der Waals surface area contributed by atoms with Gasteiger partial charge in [-0.25, -0.2) is 0 Å². The molecule has 1 aliphatic carbocycles. The number of hydrogen-bond donors (Lipinski definition) is 2. The van der Waals surface area contributed by atoms with E-state index in [2.05, 4.69) is 15.7 Å². The lowest BCUT2D eigenvalue weighted by molar-refractivity contribution is -0.142. The number of nitrogens with one attached hydrogen (secondary N) is 2. The monoisotopic (exact) mass is 316 g/mol. The molecule has 0 radical (unpaired) electrons. The van der Waals surface area contributed by atoms with Gasteiger partial charge in [0.1, 0.15) is 6.54 Å². The van der Waals surface area contributed by atoms with Crippen LogP contribution >= 0.6 is 0 Å². The Kier molecular flexibility index (Phi) is 4.12. The maximum atomic E-state index is 12.3. The minimum absolute atomic E-state index is 0.00549. The number of carbonyl (C=O) groups excluding carboxylic acids is 1. The van der Waals surface area contributed by atoms with Crippen molar-refractivity contribution in [2.75, 3.05) is 18.4 Å². The van der Waals surface area contributed by atoms with Crippen LogP contribution in [0.15, 0.2) is 12.4 Å². The van der Waals surface area contributed by atoms with Gasteiger partial charge < -0.3 is 10.6 Å². The molecule has 2 aliphatic rings. The van der Waals surface area contributed by atoms with Crippen LogP contribution in [0, 0.1) is 17.8 Å². The highest BCUT2D eigenvalue weighted by Gasteiger charge is 2.47. The van der Waals surface area contributed by atoms with Crippen molar-refractivity contribution < 1.29 is 18.0 Å². The molecule has 1 saturated heterocycles. The molecule has 1 aromatic rings. The summed E-state index contributed by atoms with van der Waals surface area (Å²) in [5.41, 5.74) is 0.324. The number of hydrogen-bond acceptors (Lipinski definition) is 3. The molecule has 1 aromatic heterocycles. The average Bonchev–Trinajstić information content (AvgIpc) is 3.15. The predicted molar refractivity (Wildman–Crippen MR) is 74.1 cm³/mol. The molecule has 5 nitrogen and oxygen atoms in total. The molecule has 1 saturated carbocycles. The highest BCUT2D eigenvalue weighted by atomic mass is 19.4. The Morgan fingerprint density at radius 2 is 2.14 bits per heavy atom. The summed E-state index contributed by atoms with van der Waals surface area (Å²) in [6.07, 6.45) is 1.23. The first-order valence-electron chi connectivity index (χ1n) is 7.53. The van der Waals surface area contributed by atoms with Crippen LogP contribution in [0.25, 0.3) is 0 Å². The van der Waals surface area contributed by atoms with E-state index in [-0.39, 0.29) is 11.8 Å². The Bertz CT molecular complexity index is 536. The largest absolute Gasteiger partial charge is 0.408 e. The van der Waals surface area contributed by atoms with Crippen molar-refractivity contribution in [2.45, 2.75) is 32.0 Å². The van der Waals surface area contributed by atoms with Crippen molar-refractivity contribution in [3.05, 3.63) is 12.4 Å². The van der Waals surface area contributed by atoms with Gasteiger partial charge in [0.25, 0.3) is 0 Å². The predicted octanol–water partition coefficient (Wildman–Crippen LogP) is 2.02. The van der Waals surface area contributed by atoms with Crippen LogP contribution in [0.4, 0.5) is 18.9 Å². The molecule has 22 heavy (non-hydrogen) atoms. The normalized spacial score (nSPS) is 26.0. The Labute approximate surface area is 126 Å². The summed E-state index contributed by atoms with van der Waals surface area (Å²) < 4.78 is 37.6. The number of nitrogens with zero attached hydrogens (tertiary/aromatic N) is 2. The highest BCUT2D eigenvalue weighted by Crippen LogP contribution is 2.47. The molecule has 0 bridgehead atoms. The second kappa shape index (κ2) is 5.91. The van der Waals surface area contributed by atoms with Gasteiger partial charge >= 0.3 is 6.18 Å². The smallest absolute Gasteiger partial charge is 0.323 e. The van der Waals surface area contributed by atoms with Crippen LogP contribution in [0.3, 0.4) is 0 Å². The third kappa shape index (κ3) is 3.79. The zero-order chi connectivity index (χ0) is 15.7. The lowest BCUT2D eigenvalue weighted by Gasteiger charge is -2.22. The zero-order valence-corrected chi connectivity index (χ0v) is 12.1. The molecule has 0 aromatic carbocycles. The molecule has 0 spiro atoms. The van der Waals surface area contributed by atoms with E-state index in [1.807, 2.05) is 0 Å². The first kappa shape index (κ1) is 15.3. The van der Waals surface area contributed by atoms with E-state index in [1.54, 1.807) is 0 Å². The topological polar surface area (TPSA) is 59.0 Å². The van der Waals surface area contributed by atoms with Crippen molar-refractivity contribution in [3.63, 3.8) is 0 Å². The highest BCUT2D eigenvalue weighted by molar-refractivity contribution is 5.94. The third-order valence-electron chi connectivity index (χ3n) is 4.41. The summed E-state index contributed by atoms with van der Waals surface area (Å²) in [4.78, 5) is 12.1. The molecule has 1 aliphatic heterocycles. The molecular formula is C14H19F3N4O. The number of carbonyl (C=O) groups is 1. The van der Waals surface area contributed by atoms with Crippen LogP contribution < -0.4 is 10.6 Å². The van der Waals surface area contributed by atoms with E-state index in [0.717, 1.165) is 37.0 Å². The first-order valence-corrected chi connectivity index (χ1v) is 7.53. The van der Waals surface area contributed by atoms with Gasteiger partial charge in [0, 0.05) is 12.1 Å². The van der Waals surface area contributed by atoms with Crippen LogP contribution in [0.1, 0.15) is 19.3 Å². The van der Waals surface area contributed by atoms with Crippen molar-refractivity contribution in [1.82, 2.24) is 15.1 Å². The van der Waals surface area contributed by atoms with Gasteiger partial charge in [-0.2, -0.15) is 18.3 Å². The lowest BCUT2D eigenvalue weighted by Crippen LogP contribution is -2.29. The Morgan fingerprint density at radius 1 is 1.41 bits per heavy atom. The molecular weight excluding hydrogens is 297 g/mol. The molecule has 2 fully saturated rings.